The van der Waals surface area contributed by atoms with Gasteiger partial charge >= 0.3 is 0 Å². The highest BCUT2D eigenvalue weighted by Gasteiger charge is 2.27. The van der Waals surface area contributed by atoms with Gasteiger partial charge in [-0.05, 0) is 31.4 Å². The van der Waals surface area contributed by atoms with Crippen LogP contribution in [-0.2, 0) is 4.79 Å². The molecule has 1 amide bonds. The lowest BCUT2D eigenvalue weighted by molar-refractivity contribution is -0.129. The van der Waals surface area contributed by atoms with Gasteiger partial charge in [0.1, 0.15) is 11.3 Å². The van der Waals surface area contributed by atoms with Gasteiger partial charge in [0.05, 0.1) is 11.8 Å². The van der Waals surface area contributed by atoms with E-state index in [2.05, 4.69) is 23.2 Å². The zero-order chi connectivity index (χ0) is 18.2. The number of carbonyl (C=O) groups is 1. The number of anilines is 1. The third-order valence-corrected chi connectivity index (χ3v) is 5.95. The number of aromatic nitrogens is 1. The Morgan fingerprint density at radius 1 is 1.32 bits per heavy atom. The number of piperidine rings is 1. The van der Waals surface area contributed by atoms with Crippen molar-refractivity contribution in [3.63, 3.8) is 0 Å². The Kier molecular flexibility index (Phi) is 4.91. The quantitative estimate of drug-likeness (QED) is 0.905. The van der Waals surface area contributed by atoms with Crippen LogP contribution in [0.5, 0.6) is 5.75 Å². The third kappa shape index (κ3) is 3.73. The van der Waals surface area contributed by atoms with Gasteiger partial charge < -0.3 is 15.0 Å². The molecule has 0 saturated carbocycles. The number of amides is 1. The Morgan fingerprint density at radius 3 is 2.60 bits per heavy atom. The molecule has 1 saturated heterocycles. The van der Waals surface area contributed by atoms with E-state index < -0.39 is 0 Å². The Balaban J connectivity index is 1.70. The number of rotatable bonds is 3. The molecule has 1 aromatic heterocycles. The predicted octanol–water partition coefficient (Wildman–Crippen LogP) is 3.74. The van der Waals surface area contributed by atoms with Crippen molar-refractivity contribution in [1.29, 1.82) is 0 Å². The summed E-state index contributed by atoms with van der Waals surface area (Å²) < 4.78 is 6.65. The minimum absolute atomic E-state index is 0.131. The van der Waals surface area contributed by atoms with Gasteiger partial charge in [-0.25, -0.2) is 4.98 Å². The highest BCUT2D eigenvalue weighted by Crippen LogP contribution is 2.37. The summed E-state index contributed by atoms with van der Waals surface area (Å²) in [7, 11) is 1.69. The van der Waals surface area contributed by atoms with Crippen LogP contribution in [0.4, 0.5) is 5.13 Å². The second-order valence-electron chi connectivity index (χ2n) is 7.74. The van der Waals surface area contributed by atoms with E-state index in [0.717, 1.165) is 42.3 Å². The van der Waals surface area contributed by atoms with Gasteiger partial charge in [-0.3, -0.25) is 4.79 Å². The second-order valence-corrected chi connectivity index (χ2v) is 8.72. The van der Waals surface area contributed by atoms with Crippen molar-refractivity contribution < 1.29 is 9.53 Å². The number of thiazole rings is 1. The number of nitrogens with zero attached hydrogens (tertiary/aromatic N) is 2. The van der Waals surface area contributed by atoms with Gasteiger partial charge in [0.2, 0.25) is 5.91 Å². The largest absolute Gasteiger partial charge is 0.494 e. The average Bonchev–Trinajstić information content (AvgIpc) is 3.01. The second kappa shape index (κ2) is 6.83. The van der Waals surface area contributed by atoms with Crippen molar-refractivity contribution in [2.75, 3.05) is 25.1 Å². The minimum Gasteiger partial charge on any atom is -0.494 e. The number of benzene rings is 1. The molecule has 0 atom stereocenters. The molecule has 0 bridgehead atoms. The van der Waals surface area contributed by atoms with Crippen LogP contribution in [0.3, 0.4) is 0 Å². The molecule has 1 aromatic carbocycles. The number of hydrogen-bond donors (Lipinski definition) is 1. The van der Waals surface area contributed by atoms with Gasteiger partial charge in [0.15, 0.2) is 5.13 Å². The van der Waals surface area contributed by atoms with E-state index >= 15 is 0 Å². The molecule has 1 aliphatic rings. The number of ether oxygens (including phenoxy) is 1. The molecule has 136 valence electrons. The lowest BCUT2D eigenvalue weighted by Gasteiger charge is -2.33. The topological polar surface area (TPSA) is 54.5 Å². The van der Waals surface area contributed by atoms with E-state index in [0.29, 0.717) is 0 Å². The van der Waals surface area contributed by atoms with E-state index in [1.807, 2.05) is 26.8 Å². The molecular weight excluding hydrogens is 334 g/mol. The van der Waals surface area contributed by atoms with Gasteiger partial charge in [0, 0.05) is 24.5 Å². The standard InChI is InChI=1S/C19H27N3O2S/c1-12-6-7-14(24-5)15-16(12)25-18(21-15)22-10-8-13(9-11-22)20-17(23)19(2,3)4/h6-7,13H,8-11H2,1-5H3,(H,20,23). The summed E-state index contributed by atoms with van der Waals surface area (Å²) in [4.78, 5) is 19.3. The van der Waals surface area contributed by atoms with Crippen LogP contribution >= 0.6 is 11.3 Å². The third-order valence-electron chi connectivity index (χ3n) is 4.69. The fourth-order valence-corrected chi connectivity index (χ4v) is 4.12. The number of carbonyl (C=O) groups excluding carboxylic acids is 1. The molecule has 1 fully saturated rings. The molecule has 1 aliphatic heterocycles. The van der Waals surface area contributed by atoms with Crippen LogP contribution in [0, 0.1) is 12.3 Å². The molecule has 1 N–H and O–H groups in total. The molecule has 0 radical (unpaired) electrons. The lowest BCUT2D eigenvalue weighted by Crippen LogP contribution is -2.47. The maximum atomic E-state index is 12.2. The zero-order valence-electron chi connectivity index (χ0n) is 15.7. The van der Waals surface area contributed by atoms with Crippen molar-refractivity contribution in [3.05, 3.63) is 17.7 Å². The van der Waals surface area contributed by atoms with Crippen molar-refractivity contribution in [1.82, 2.24) is 10.3 Å². The maximum absolute atomic E-state index is 12.2. The Hall–Kier alpha value is -1.82. The summed E-state index contributed by atoms with van der Waals surface area (Å²) in [5.74, 6) is 0.960. The minimum atomic E-state index is -0.335. The van der Waals surface area contributed by atoms with Crippen molar-refractivity contribution in [2.45, 2.75) is 46.6 Å². The Bertz CT molecular complexity index is 771. The van der Waals surface area contributed by atoms with E-state index in [4.69, 9.17) is 9.72 Å². The molecule has 25 heavy (non-hydrogen) atoms. The van der Waals surface area contributed by atoms with Crippen LogP contribution in [0.15, 0.2) is 12.1 Å². The molecular formula is C19H27N3O2S. The van der Waals surface area contributed by atoms with E-state index in [-0.39, 0.29) is 17.4 Å². The van der Waals surface area contributed by atoms with Crippen LogP contribution in [-0.4, -0.2) is 37.1 Å². The highest BCUT2D eigenvalue weighted by molar-refractivity contribution is 7.22. The average molecular weight is 362 g/mol. The van der Waals surface area contributed by atoms with Gasteiger partial charge in [-0.1, -0.05) is 38.2 Å². The number of nitrogens with one attached hydrogen (secondary N) is 1. The number of hydrogen-bond acceptors (Lipinski definition) is 5. The van der Waals surface area contributed by atoms with Crippen molar-refractivity contribution in [3.8, 4) is 5.75 Å². The fraction of sp³-hybridized carbons (Fsp3) is 0.579. The lowest BCUT2D eigenvalue weighted by atomic mass is 9.94. The van der Waals surface area contributed by atoms with E-state index in [1.165, 1.54) is 10.3 Å². The molecule has 0 spiro atoms. The molecule has 6 heteroatoms. The first-order valence-corrected chi connectivity index (χ1v) is 9.61. The molecule has 0 unspecified atom stereocenters. The summed E-state index contributed by atoms with van der Waals surface area (Å²) in [6.45, 7) is 9.79. The first-order valence-electron chi connectivity index (χ1n) is 8.79. The fourth-order valence-electron chi connectivity index (χ4n) is 3.02. The first kappa shape index (κ1) is 18.0. The summed E-state index contributed by atoms with van der Waals surface area (Å²) in [5.41, 5.74) is 1.84. The molecule has 5 nitrogen and oxygen atoms in total. The number of methoxy groups -OCH3 is 1. The van der Waals surface area contributed by atoms with Crippen molar-refractivity contribution in [2.24, 2.45) is 5.41 Å². The highest BCUT2D eigenvalue weighted by atomic mass is 32.1. The summed E-state index contributed by atoms with van der Waals surface area (Å²) in [6, 6.07) is 4.32. The molecule has 0 aliphatic carbocycles. The molecule has 2 aromatic rings. The van der Waals surface area contributed by atoms with Crippen LogP contribution in [0.2, 0.25) is 0 Å². The monoisotopic (exact) mass is 361 g/mol. The maximum Gasteiger partial charge on any atom is 0.225 e. The van der Waals surface area contributed by atoms with Crippen molar-refractivity contribution >= 4 is 32.6 Å². The number of aryl methyl sites for hydroxylation is 1. The van der Waals surface area contributed by atoms with Crippen LogP contribution < -0.4 is 15.0 Å². The normalized spacial score (nSPS) is 16.3. The molecule has 3 rings (SSSR count). The van der Waals surface area contributed by atoms with Gasteiger partial charge in [-0.15, -0.1) is 0 Å². The first-order chi connectivity index (χ1) is 11.8. The summed E-state index contributed by atoms with van der Waals surface area (Å²) in [5, 5.41) is 4.23. The summed E-state index contributed by atoms with van der Waals surface area (Å²) in [6.07, 6.45) is 1.90. The van der Waals surface area contributed by atoms with Crippen LogP contribution in [0.25, 0.3) is 10.2 Å². The zero-order valence-corrected chi connectivity index (χ0v) is 16.5. The predicted molar refractivity (Wildman–Crippen MR) is 104 cm³/mol. The SMILES string of the molecule is COc1ccc(C)c2sc(N3CCC(NC(=O)C(C)(C)C)CC3)nc12. The van der Waals surface area contributed by atoms with Gasteiger partial charge in [-0.2, -0.15) is 0 Å². The van der Waals surface area contributed by atoms with Gasteiger partial charge in [0.25, 0.3) is 0 Å². The van der Waals surface area contributed by atoms with E-state index in [9.17, 15) is 4.79 Å². The Morgan fingerprint density at radius 2 is 2.00 bits per heavy atom. The number of fused-ring (bicyclic) bond motifs is 1. The van der Waals surface area contributed by atoms with E-state index in [1.54, 1.807) is 18.4 Å². The Labute approximate surface area is 153 Å². The summed E-state index contributed by atoms with van der Waals surface area (Å²) >= 11 is 1.73. The smallest absolute Gasteiger partial charge is 0.225 e. The molecule has 2 heterocycles. The van der Waals surface area contributed by atoms with Crippen LogP contribution in [0.1, 0.15) is 39.2 Å².